The fourth-order valence-corrected chi connectivity index (χ4v) is 4.75. The summed E-state index contributed by atoms with van der Waals surface area (Å²) in [6.45, 7) is 0.525. The molecule has 0 aromatic heterocycles. The lowest BCUT2D eigenvalue weighted by molar-refractivity contribution is -0.158. The molecule has 1 N–H and O–H groups in total. The number of ether oxygens (including phenoxy) is 2. The second-order valence-corrected chi connectivity index (χ2v) is 8.20. The highest BCUT2D eigenvalue weighted by atomic mass is 16.6. The van der Waals surface area contributed by atoms with Crippen molar-refractivity contribution >= 4 is 23.9 Å². The lowest BCUT2D eigenvalue weighted by Crippen LogP contribution is -2.43. The Bertz CT molecular complexity index is 1070. The molecule has 3 amide bonds. The van der Waals surface area contributed by atoms with E-state index in [-0.39, 0.29) is 18.9 Å². The number of carbonyl (C=O) groups is 4. The van der Waals surface area contributed by atoms with Crippen LogP contribution in [0.25, 0.3) is 11.1 Å². The normalized spacial score (nSPS) is 21.8. The summed E-state index contributed by atoms with van der Waals surface area (Å²) in [5.74, 6) is -1.87. The van der Waals surface area contributed by atoms with Crippen LogP contribution in [0.4, 0.5) is 4.79 Å². The number of carbonyl (C=O) groups excluding carboxylic acids is 4. The first kappa shape index (κ1) is 20.2. The second-order valence-electron chi connectivity index (χ2n) is 8.20. The molecule has 1 aliphatic carbocycles. The third-order valence-electron chi connectivity index (χ3n) is 6.28. The SMILES string of the molecule is O=C1CC(OC(=O)[C@@H]2CCCN2C(=O)OCC2c3ccccc3-c3ccccc32)C(=O)N1. The highest BCUT2D eigenvalue weighted by molar-refractivity contribution is 6.05. The zero-order chi connectivity index (χ0) is 22.2. The Labute approximate surface area is 184 Å². The van der Waals surface area contributed by atoms with Gasteiger partial charge in [0.1, 0.15) is 12.6 Å². The maximum absolute atomic E-state index is 12.9. The van der Waals surface area contributed by atoms with E-state index < -0.39 is 36.0 Å². The van der Waals surface area contributed by atoms with Crippen LogP contribution in [-0.2, 0) is 23.9 Å². The van der Waals surface area contributed by atoms with Gasteiger partial charge in [-0.3, -0.25) is 19.8 Å². The van der Waals surface area contributed by atoms with Gasteiger partial charge in [0, 0.05) is 12.5 Å². The molecule has 0 spiro atoms. The van der Waals surface area contributed by atoms with Crippen LogP contribution in [0.2, 0.25) is 0 Å². The zero-order valence-electron chi connectivity index (χ0n) is 17.3. The van der Waals surface area contributed by atoms with Gasteiger partial charge >= 0.3 is 12.1 Å². The van der Waals surface area contributed by atoms with Gasteiger partial charge in [-0.2, -0.15) is 0 Å². The average Bonchev–Trinajstić information content (AvgIpc) is 3.48. The molecular formula is C24H22N2O6. The first-order chi connectivity index (χ1) is 15.5. The summed E-state index contributed by atoms with van der Waals surface area (Å²) in [5, 5.41) is 2.10. The number of nitrogens with one attached hydrogen (secondary N) is 1. The summed E-state index contributed by atoms with van der Waals surface area (Å²) in [7, 11) is 0. The molecule has 32 heavy (non-hydrogen) atoms. The Morgan fingerprint density at radius 2 is 1.66 bits per heavy atom. The zero-order valence-corrected chi connectivity index (χ0v) is 17.3. The molecule has 1 unspecified atom stereocenters. The number of imide groups is 1. The molecule has 8 heteroatoms. The van der Waals surface area contributed by atoms with E-state index in [1.165, 1.54) is 4.90 Å². The third-order valence-corrected chi connectivity index (χ3v) is 6.28. The van der Waals surface area contributed by atoms with Gasteiger partial charge in [-0.1, -0.05) is 48.5 Å². The molecule has 2 aromatic rings. The standard InChI is InChI=1S/C24H22N2O6/c27-21-12-20(22(28)25-21)32-23(29)19-10-5-11-26(19)24(30)31-13-18-16-8-3-1-6-14(16)15-7-2-4-9-17(15)18/h1-4,6-9,18-20H,5,10-13H2,(H,25,27,28)/t19-,20?/m0/s1. The highest BCUT2D eigenvalue weighted by Gasteiger charge is 2.41. The van der Waals surface area contributed by atoms with E-state index in [0.29, 0.717) is 19.4 Å². The molecule has 0 bridgehead atoms. The second kappa shape index (κ2) is 8.11. The van der Waals surface area contributed by atoms with Crippen molar-refractivity contribution in [2.75, 3.05) is 13.2 Å². The van der Waals surface area contributed by atoms with E-state index in [2.05, 4.69) is 17.4 Å². The summed E-state index contributed by atoms with van der Waals surface area (Å²) in [5.41, 5.74) is 4.49. The molecule has 0 radical (unpaired) electrons. The van der Waals surface area contributed by atoms with Crippen molar-refractivity contribution in [3.63, 3.8) is 0 Å². The number of amides is 3. The van der Waals surface area contributed by atoms with E-state index in [9.17, 15) is 19.2 Å². The van der Waals surface area contributed by atoms with Crippen molar-refractivity contribution in [3.05, 3.63) is 59.7 Å². The molecule has 8 nitrogen and oxygen atoms in total. The molecule has 164 valence electrons. The molecule has 3 aliphatic rings. The van der Waals surface area contributed by atoms with Crippen molar-refractivity contribution in [2.24, 2.45) is 0 Å². The van der Waals surface area contributed by atoms with Crippen molar-refractivity contribution < 1.29 is 28.7 Å². The molecular weight excluding hydrogens is 412 g/mol. The maximum Gasteiger partial charge on any atom is 0.410 e. The van der Waals surface area contributed by atoms with Crippen molar-refractivity contribution in [1.82, 2.24) is 10.2 Å². The largest absolute Gasteiger partial charge is 0.450 e. The Morgan fingerprint density at radius 3 is 2.28 bits per heavy atom. The van der Waals surface area contributed by atoms with Gasteiger partial charge in [0.15, 0.2) is 6.10 Å². The van der Waals surface area contributed by atoms with Crippen LogP contribution in [-0.4, -0.2) is 54.1 Å². The minimum atomic E-state index is -1.14. The van der Waals surface area contributed by atoms with E-state index in [1.54, 1.807) is 0 Å². The molecule has 2 atom stereocenters. The van der Waals surface area contributed by atoms with Crippen molar-refractivity contribution in [2.45, 2.75) is 37.3 Å². The van der Waals surface area contributed by atoms with Crippen LogP contribution in [0, 0.1) is 0 Å². The first-order valence-electron chi connectivity index (χ1n) is 10.7. The van der Waals surface area contributed by atoms with Gasteiger partial charge in [-0.05, 0) is 35.1 Å². The summed E-state index contributed by atoms with van der Waals surface area (Å²) in [4.78, 5) is 49.8. The van der Waals surface area contributed by atoms with Gasteiger partial charge in [-0.15, -0.1) is 0 Å². The van der Waals surface area contributed by atoms with Crippen molar-refractivity contribution in [1.29, 1.82) is 0 Å². The Balaban J connectivity index is 1.26. The molecule has 2 aromatic carbocycles. The Morgan fingerprint density at radius 1 is 1.00 bits per heavy atom. The van der Waals surface area contributed by atoms with Crippen LogP contribution in [0.1, 0.15) is 36.3 Å². The highest BCUT2D eigenvalue weighted by Crippen LogP contribution is 2.44. The fraction of sp³-hybridized carbons (Fsp3) is 0.333. The van der Waals surface area contributed by atoms with Crippen LogP contribution >= 0.6 is 0 Å². The van der Waals surface area contributed by atoms with Gasteiger partial charge in [0.2, 0.25) is 5.91 Å². The summed E-state index contributed by atoms with van der Waals surface area (Å²) in [6.07, 6.45) is -0.869. The average molecular weight is 434 g/mol. The number of fused-ring (bicyclic) bond motifs is 3. The topological polar surface area (TPSA) is 102 Å². The molecule has 2 aliphatic heterocycles. The molecule has 2 fully saturated rings. The summed E-state index contributed by atoms with van der Waals surface area (Å²) in [6, 6.07) is 15.3. The molecule has 5 rings (SSSR count). The van der Waals surface area contributed by atoms with Crippen LogP contribution in [0.5, 0.6) is 0 Å². The number of likely N-dealkylation sites (tertiary alicyclic amines) is 1. The monoisotopic (exact) mass is 434 g/mol. The fourth-order valence-electron chi connectivity index (χ4n) is 4.75. The van der Waals surface area contributed by atoms with Gasteiger partial charge in [-0.25, -0.2) is 9.59 Å². The molecule has 2 heterocycles. The lowest BCUT2D eigenvalue weighted by Gasteiger charge is -2.24. The predicted octanol–water partition coefficient (Wildman–Crippen LogP) is 2.36. The van der Waals surface area contributed by atoms with Crippen molar-refractivity contribution in [3.8, 4) is 11.1 Å². The van der Waals surface area contributed by atoms with Gasteiger partial charge < -0.3 is 9.47 Å². The van der Waals surface area contributed by atoms with Crippen LogP contribution in [0.3, 0.4) is 0 Å². The number of nitrogens with zero attached hydrogens (tertiary/aromatic N) is 1. The molecule has 2 saturated heterocycles. The van der Waals surface area contributed by atoms with E-state index >= 15 is 0 Å². The quantitative estimate of drug-likeness (QED) is 0.586. The number of esters is 1. The van der Waals surface area contributed by atoms with E-state index in [1.807, 2.05) is 36.4 Å². The Hall–Kier alpha value is -3.68. The summed E-state index contributed by atoms with van der Waals surface area (Å²) < 4.78 is 10.9. The predicted molar refractivity (Wildman–Crippen MR) is 112 cm³/mol. The van der Waals surface area contributed by atoms with Gasteiger partial charge in [0.05, 0.1) is 6.42 Å². The van der Waals surface area contributed by atoms with Crippen LogP contribution in [0.15, 0.2) is 48.5 Å². The Kier molecular flexibility index (Phi) is 5.13. The third kappa shape index (κ3) is 3.51. The van der Waals surface area contributed by atoms with E-state index in [0.717, 1.165) is 22.3 Å². The number of rotatable bonds is 4. The summed E-state index contributed by atoms with van der Waals surface area (Å²) >= 11 is 0. The lowest BCUT2D eigenvalue weighted by atomic mass is 9.98. The maximum atomic E-state index is 12.9. The first-order valence-corrected chi connectivity index (χ1v) is 10.7. The number of hydrogen-bond acceptors (Lipinski definition) is 6. The smallest absolute Gasteiger partial charge is 0.410 e. The van der Waals surface area contributed by atoms with E-state index in [4.69, 9.17) is 9.47 Å². The minimum Gasteiger partial charge on any atom is -0.450 e. The number of benzene rings is 2. The minimum absolute atomic E-state index is 0.0763. The molecule has 0 saturated carbocycles. The van der Waals surface area contributed by atoms with Gasteiger partial charge in [0.25, 0.3) is 5.91 Å². The number of hydrogen-bond donors (Lipinski definition) is 1. The van der Waals surface area contributed by atoms with Crippen LogP contribution < -0.4 is 5.32 Å².